The predicted molar refractivity (Wildman–Crippen MR) is 114 cm³/mol. The van der Waals surface area contributed by atoms with Crippen molar-refractivity contribution in [1.82, 2.24) is 9.62 Å². The molecule has 0 unspecified atom stereocenters. The number of piperidine rings is 1. The zero-order chi connectivity index (χ0) is 20.7. The van der Waals surface area contributed by atoms with Gasteiger partial charge < -0.3 is 10.1 Å². The van der Waals surface area contributed by atoms with Crippen molar-refractivity contribution in [2.75, 3.05) is 26.2 Å². The Kier molecular flexibility index (Phi) is 8.35. The van der Waals surface area contributed by atoms with Crippen LogP contribution < -0.4 is 5.32 Å². The van der Waals surface area contributed by atoms with Crippen LogP contribution in [0, 0.1) is 0 Å². The number of carbonyl (C=O) groups is 1. The van der Waals surface area contributed by atoms with Crippen molar-refractivity contribution in [3.05, 3.63) is 28.8 Å². The lowest BCUT2D eigenvalue weighted by molar-refractivity contribution is 0.0273. The summed E-state index contributed by atoms with van der Waals surface area (Å²) in [5, 5.41) is 2.99. The number of ether oxygens (including phenoxy) is 1. The monoisotopic (exact) mass is 442 g/mol. The van der Waals surface area contributed by atoms with E-state index in [1.807, 2.05) is 0 Å². The van der Waals surface area contributed by atoms with Crippen LogP contribution in [-0.4, -0.2) is 51.0 Å². The van der Waals surface area contributed by atoms with Crippen molar-refractivity contribution in [2.45, 2.75) is 68.8 Å². The molecule has 1 aromatic carbocycles. The highest BCUT2D eigenvalue weighted by atomic mass is 35.5. The zero-order valence-corrected chi connectivity index (χ0v) is 18.4. The maximum Gasteiger partial charge on any atom is 0.251 e. The first-order valence-electron chi connectivity index (χ1n) is 10.7. The van der Waals surface area contributed by atoms with Gasteiger partial charge in [0.15, 0.2) is 0 Å². The third-order valence-corrected chi connectivity index (χ3v) is 8.02. The summed E-state index contributed by atoms with van der Waals surface area (Å²) >= 11 is 6.17. The number of benzene rings is 1. The van der Waals surface area contributed by atoms with Gasteiger partial charge in [0.1, 0.15) is 4.90 Å². The molecule has 2 aliphatic rings. The fourth-order valence-corrected chi connectivity index (χ4v) is 5.96. The highest BCUT2D eigenvalue weighted by Crippen LogP contribution is 2.28. The Balaban J connectivity index is 1.53. The first kappa shape index (κ1) is 22.5. The van der Waals surface area contributed by atoms with Gasteiger partial charge in [0.2, 0.25) is 10.0 Å². The van der Waals surface area contributed by atoms with Crippen molar-refractivity contribution < 1.29 is 17.9 Å². The molecule has 1 aromatic rings. The summed E-state index contributed by atoms with van der Waals surface area (Å²) < 4.78 is 33.2. The molecule has 1 aliphatic heterocycles. The molecule has 29 heavy (non-hydrogen) atoms. The number of rotatable bonds is 8. The van der Waals surface area contributed by atoms with E-state index in [-0.39, 0.29) is 15.8 Å². The topological polar surface area (TPSA) is 75.7 Å². The van der Waals surface area contributed by atoms with Gasteiger partial charge in [0.25, 0.3) is 5.91 Å². The number of sulfonamides is 1. The van der Waals surface area contributed by atoms with Crippen LogP contribution in [0.15, 0.2) is 23.1 Å². The van der Waals surface area contributed by atoms with E-state index in [1.165, 1.54) is 35.7 Å². The molecule has 0 bridgehead atoms. The van der Waals surface area contributed by atoms with Crippen LogP contribution in [0.2, 0.25) is 5.02 Å². The van der Waals surface area contributed by atoms with E-state index in [4.69, 9.17) is 16.3 Å². The summed E-state index contributed by atoms with van der Waals surface area (Å²) in [7, 11) is -3.69. The van der Waals surface area contributed by atoms with E-state index < -0.39 is 10.0 Å². The van der Waals surface area contributed by atoms with Crippen LogP contribution in [0.25, 0.3) is 0 Å². The minimum Gasteiger partial charge on any atom is -0.378 e. The van der Waals surface area contributed by atoms with Gasteiger partial charge in [-0.15, -0.1) is 0 Å². The van der Waals surface area contributed by atoms with Crippen molar-refractivity contribution >= 4 is 27.5 Å². The first-order valence-corrected chi connectivity index (χ1v) is 12.5. The second-order valence-electron chi connectivity index (χ2n) is 7.85. The van der Waals surface area contributed by atoms with E-state index in [1.54, 1.807) is 6.07 Å². The van der Waals surface area contributed by atoms with E-state index in [0.29, 0.717) is 37.9 Å². The Morgan fingerprint density at radius 3 is 2.52 bits per heavy atom. The van der Waals surface area contributed by atoms with Crippen molar-refractivity contribution in [3.63, 3.8) is 0 Å². The standard InChI is InChI=1S/C21H31ClN2O4S/c22-19-11-10-17(16-20(19)29(26,27)24-13-5-2-6-14-24)21(25)23-12-7-15-28-18-8-3-1-4-9-18/h10-11,16,18H,1-9,12-15H2,(H,23,25). The summed E-state index contributed by atoms with van der Waals surface area (Å²) in [5.74, 6) is -0.297. The van der Waals surface area contributed by atoms with Crippen molar-refractivity contribution in [3.8, 4) is 0 Å². The molecule has 2 fully saturated rings. The maximum absolute atomic E-state index is 12.9. The summed E-state index contributed by atoms with van der Waals surface area (Å²) in [5.41, 5.74) is 0.304. The van der Waals surface area contributed by atoms with Crippen LogP contribution in [-0.2, 0) is 14.8 Å². The largest absolute Gasteiger partial charge is 0.378 e. The van der Waals surface area contributed by atoms with Crippen LogP contribution in [0.5, 0.6) is 0 Å². The minimum absolute atomic E-state index is 0.00866. The zero-order valence-electron chi connectivity index (χ0n) is 16.9. The lowest BCUT2D eigenvalue weighted by Crippen LogP contribution is -2.36. The normalized spacial score (nSPS) is 19.2. The molecule has 6 nitrogen and oxygen atoms in total. The highest BCUT2D eigenvalue weighted by Gasteiger charge is 2.28. The van der Waals surface area contributed by atoms with Crippen LogP contribution in [0.3, 0.4) is 0 Å². The molecule has 1 saturated heterocycles. The number of nitrogens with zero attached hydrogens (tertiary/aromatic N) is 1. The Hall–Kier alpha value is -1.15. The van der Waals surface area contributed by atoms with E-state index in [0.717, 1.165) is 38.5 Å². The average molecular weight is 443 g/mol. The molecular formula is C21H31ClN2O4S. The molecule has 0 aromatic heterocycles. The summed E-state index contributed by atoms with van der Waals surface area (Å²) in [6, 6.07) is 4.44. The Morgan fingerprint density at radius 2 is 1.79 bits per heavy atom. The highest BCUT2D eigenvalue weighted by molar-refractivity contribution is 7.89. The minimum atomic E-state index is -3.69. The van der Waals surface area contributed by atoms with E-state index >= 15 is 0 Å². The second-order valence-corrected chi connectivity index (χ2v) is 10.2. The average Bonchev–Trinajstić information content (AvgIpc) is 2.75. The van der Waals surface area contributed by atoms with E-state index in [9.17, 15) is 13.2 Å². The summed E-state index contributed by atoms with van der Waals surface area (Å²) in [6.07, 6.45) is 9.85. The number of amides is 1. The Bertz CT molecular complexity index is 788. The molecule has 162 valence electrons. The molecule has 3 rings (SSSR count). The third-order valence-electron chi connectivity index (χ3n) is 5.64. The molecule has 8 heteroatoms. The molecule has 1 heterocycles. The van der Waals surface area contributed by atoms with Crippen molar-refractivity contribution in [1.29, 1.82) is 0 Å². The van der Waals surface area contributed by atoms with Gasteiger partial charge >= 0.3 is 0 Å². The molecule has 1 amide bonds. The summed E-state index contributed by atoms with van der Waals surface area (Å²) in [6.45, 7) is 2.11. The second kappa shape index (κ2) is 10.8. The number of halogens is 1. The smallest absolute Gasteiger partial charge is 0.251 e. The molecule has 0 atom stereocenters. The first-order chi connectivity index (χ1) is 14.0. The van der Waals surface area contributed by atoms with E-state index in [2.05, 4.69) is 5.32 Å². The van der Waals surface area contributed by atoms with Gasteiger partial charge in [-0.2, -0.15) is 4.31 Å². The molecule has 1 N–H and O–H groups in total. The lowest BCUT2D eigenvalue weighted by atomic mass is 9.98. The van der Waals surface area contributed by atoms with Crippen LogP contribution in [0.1, 0.15) is 68.1 Å². The number of nitrogens with one attached hydrogen (secondary N) is 1. The fraction of sp³-hybridized carbons (Fsp3) is 0.667. The SMILES string of the molecule is O=C(NCCCOC1CCCCC1)c1ccc(Cl)c(S(=O)(=O)N2CCCCC2)c1. The van der Waals surface area contributed by atoms with Gasteiger partial charge in [0.05, 0.1) is 11.1 Å². The van der Waals surface area contributed by atoms with Gasteiger partial charge in [-0.3, -0.25) is 4.79 Å². The van der Waals surface area contributed by atoms with Crippen LogP contribution in [0.4, 0.5) is 0 Å². The Labute approximate surface area is 179 Å². The number of hydrogen-bond donors (Lipinski definition) is 1. The van der Waals surface area contributed by atoms with Crippen molar-refractivity contribution in [2.24, 2.45) is 0 Å². The summed E-state index contributed by atoms with van der Waals surface area (Å²) in [4.78, 5) is 12.5. The fourth-order valence-electron chi connectivity index (χ4n) is 3.94. The quantitative estimate of drug-likeness (QED) is 0.618. The van der Waals surface area contributed by atoms with Gasteiger partial charge in [0, 0.05) is 31.8 Å². The number of hydrogen-bond acceptors (Lipinski definition) is 4. The Morgan fingerprint density at radius 1 is 1.10 bits per heavy atom. The molecule has 0 spiro atoms. The molecule has 0 radical (unpaired) electrons. The lowest BCUT2D eigenvalue weighted by Gasteiger charge is -2.26. The molecule has 1 aliphatic carbocycles. The molecule has 1 saturated carbocycles. The van der Waals surface area contributed by atoms with Crippen LogP contribution >= 0.6 is 11.6 Å². The predicted octanol–water partition coefficient (Wildman–Crippen LogP) is 3.98. The van der Waals surface area contributed by atoms with Gasteiger partial charge in [-0.05, 0) is 50.3 Å². The van der Waals surface area contributed by atoms with Gasteiger partial charge in [-0.1, -0.05) is 37.3 Å². The molecular weight excluding hydrogens is 412 g/mol. The number of carbonyl (C=O) groups excluding carboxylic acids is 1. The third kappa shape index (κ3) is 6.17. The van der Waals surface area contributed by atoms with Gasteiger partial charge in [-0.25, -0.2) is 8.42 Å². The maximum atomic E-state index is 12.9.